The molecule has 55 heavy (non-hydrogen) atoms. The summed E-state index contributed by atoms with van der Waals surface area (Å²) >= 11 is 0. The number of nitro groups is 1. The second-order valence-corrected chi connectivity index (χ2v) is 13.4. The Morgan fingerprint density at radius 3 is 2.25 bits per heavy atom. The number of hydrogen-bond acceptors (Lipinski definition) is 10. The molecular weight excluding hydrogens is 701 g/mol. The topological polar surface area (TPSA) is 196 Å². The van der Waals surface area contributed by atoms with Gasteiger partial charge in [0.25, 0.3) is 5.69 Å². The molecule has 0 radical (unpaired) electrons. The van der Waals surface area contributed by atoms with Gasteiger partial charge >= 0.3 is 5.97 Å². The van der Waals surface area contributed by atoms with Crippen molar-refractivity contribution in [2.75, 3.05) is 52.5 Å². The molecule has 286 valence electrons. The number of amides is 1. The van der Waals surface area contributed by atoms with Crippen molar-refractivity contribution in [2.45, 2.75) is 50.4 Å². The number of piperidine rings is 1. The maximum atomic E-state index is 14.3. The highest BCUT2D eigenvalue weighted by atomic mass is 16.6. The fourth-order valence-corrected chi connectivity index (χ4v) is 7.44. The van der Waals surface area contributed by atoms with Gasteiger partial charge in [-0.3, -0.25) is 14.9 Å². The Balaban J connectivity index is 1.35. The molecule has 1 amide bonds. The highest BCUT2D eigenvalue weighted by Gasteiger charge is 2.40. The van der Waals surface area contributed by atoms with E-state index in [1.54, 1.807) is 0 Å². The van der Waals surface area contributed by atoms with Crippen molar-refractivity contribution in [3.8, 4) is 6.07 Å². The molecule has 14 heteroatoms. The summed E-state index contributed by atoms with van der Waals surface area (Å²) in [7, 11) is 0. The first-order valence-corrected chi connectivity index (χ1v) is 18.5. The van der Waals surface area contributed by atoms with Crippen molar-refractivity contribution in [3.05, 3.63) is 145 Å². The zero-order valence-electron chi connectivity index (χ0n) is 31.0. The van der Waals surface area contributed by atoms with Gasteiger partial charge in [-0.2, -0.15) is 5.26 Å². The van der Waals surface area contributed by atoms with Crippen LogP contribution in [0.2, 0.25) is 0 Å². The summed E-state index contributed by atoms with van der Waals surface area (Å²) in [5, 5.41) is 30.4. The highest BCUT2D eigenvalue weighted by molar-refractivity contribution is 6.02. The number of allylic oxidation sites excluding steroid dienone is 1. The van der Waals surface area contributed by atoms with Crippen LogP contribution in [0.4, 0.5) is 5.69 Å². The molecule has 0 bridgehead atoms. The molecule has 1 saturated heterocycles. The Hall–Kier alpha value is -6.00. The third-order valence-corrected chi connectivity index (χ3v) is 10.2. The maximum absolute atomic E-state index is 14.3. The largest absolute Gasteiger partial charge is 0.461 e. The molecule has 0 aromatic heterocycles. The number of dihydropyridines is 1. The Morgan fingerprint density at radius 2 is 1.67 bits per heavy atom. The molecule has 3 aromatic carbocycles. The third-order valence-electron chi connectivity index (χ3n) is 10.2. The second kappa shape index (κ2) is 19.9. The van der Waals surface area contributed by atoms with E-state index in [0.29, 0.717) is 36.3 Å². The monoisotopic (exact) mass is 746 g/mol. The molecule has 2 heterocycles. The average molecular weight is 747 g/mol. The van der Waals surface area contributed by atoms with Gasteiger partial charge < -0.3 is 25.0 Å². The number of nitriles is 1. The fraction of sp³-hybridized carbons (Fsp3) is 0.390. The number of nitrogens with one attached hydrogen (secondary N) is 2. The van der Waals surface area contributed by atoms with E-state index in [9.17, 15) is 19.7 Å². The fourth-order valence-electron chi connectivity index (χ4n) is 7.44. The minimum absolute atomic E-state index is 0.0138. The molecule has 2 N–H and O–H groups in total. The van der Waals surface area contributed by atoms with Gasteiger partial charge in [-0.15, -0.1) is 0 Å². The van der Waals surface area contributed by atoms with Gasteiger partial charge in [0, 0.05) is 41.2 Å². The van der Waals surface area contributed by atoms with Crippen LogP contribution in [0.1, 0.15) is 61.6 Å². The number of carbonyl (C=O) groups excluding carboxylic acids is 2. The number of rotatable bonds is 18. The lowest BCUT2D eigenvalue weighted by atomic mass is 9.68. The first kappa shape index (κ1) is 40.2. The highest BCUT2D eigenvalue weighted by Crippen LogP contribution is 2.42. The van der Waals surface area contributed by atoms with Crippen molar-refractivity contribution >= 4 is 17.6 Å². The Labute approximate surface area is 320 Å². The minimum atomic E-state index is -0.964. The lowest BCUT2D eigenvalue weighted by molar-refractivity contribution is -0.384. The zero-order chi connectivity index (χ0) is 39.0. The number of non-ortho nitro benzene ring substituents is 1. The second-order valence-electron chi connectivity index (χ2n) is 13.4. The van der Waals surface area contributed by atoms with Crippen molar-refractivity contribution in [3.63, 3.8) is 0 Å². The molecule has 2 aliphatic heterocycles. The van der Waals surface area contributed by atoms with Crippen LogP contribution in [0.15, 0.2) is 113 Å². The SMILES string of the molecule is CCC1=C(C(=O)OCCC#N)C(c2ccc([N+](=O)[O-])cc2)C(C(=O)NCCCN2CCC(c3ccccc3)(c3ccccc3)CC2)=C(COCCN=[N+]=[N-])N1. The third kappa shape index (κ3) is 9.96. The van der Waals surface area contributed by atoms with E-state index in [0.717, 1.165) is 32.5 Å². The predicted molar refractivity (Wildman–Crippen MR) is 206 cm³/mol. The lowest BCUT2D eigenvalue weighted by Crippen LogP contribution is -2.44. The van der Waals surface area contributed by atoms with Gasteiger partial charge in [-0.05, 0) is 67.5 Å². The molecule has 1 atom stereocenters. The van der Waals surface area contributed by atoms with Gasteiger partial charge in [0.15, 0.2) is 0 Å². The van der Waals surface area contributed by atoms with Crippen LogP contribution in [-0.4, -0.2) is 74.2 Å². The molecule has 0 saturated carbocycles. The van der Waals surface area contributed by atoms with Gasteiger partial charge in [-0.25, -0.2) is 4.79 Å². The van der Waals surface area contributed by atoms with E-state index in [1.807, 2.05) is 25.1 Å². The number of hydrogen-bond donors (Lipinski definition) is 2. The van der Waals surface area contributed by atoms with E-state index < -0.39 is 22.7 Å². The van der Waals surface area contributed by atoms with E-state index >= 15 is 0 Å². The molecule has 3 aromatic rings. The summed E-state index contributed by atoms with van der Waals surface area (Å²) in [6.07, 6.45) is 2.95. The van der Waals surface area contributed by atoms with Gasteiger partial charge in [0.2, 0.25) is 5.91 Å². The first-order chi connectivity index (χ1) is 26.8. The Morgan fingerprint density at radius 1 is 1.02 bits per heavy atom. The molecule has 0 spiro atoms. The van der Waals surface area contributed by atoms with E-state index in [1.165, 1.54) is 35.4 Å². The van der Waals surface area contributed by atoms with E-state index in [4.69, 9.17) is 20.3 Å². The van der Waals surface area contributed by atoms with Crippen molar-refractivity contribution < 1.29 is 24.0 Å². The van der Waals surface area contributed by atoms with Crippen LogP contribution < -0.4 is 10.6 Å². The van der Waals surface area contributed by atoms with Crippen molar-refractivity contribution in [2.24, 2.45) is 5.11 Å². The summed E-state index contributed by atoms with van der Waals surface area (Å²) in [6.45, 7) is 4.73. The van der Waals surface area contributed by atoms with Crippen LogP contribution in [0.3, 0.4) is 0 Å². The van der Waals surface area contributed by atoms with Crippen LogP contribution in [0, 0.1) is 21.4 Å². The van der Waals surface area contributed by atoms with Crippen molar-refractivity contribution in [1.29, 1.82) is 5.26 Å². The normalized spacial score (nSPS) is 16.7. The van der Waals surface area contributed by atoms with E-state index in [-0.39, 0.29) is 55.0 Å². The van der Waals surface area contributed by atoms with Crippen molar-refractivity contribution in [1.82, 2.24) is 15.5 Å². The summed E-state index contributed by atoms with van der Waals surface area (Å²) in [5.74, 6) is -2.11. The molecule has 2 aliphatic rings. The summed E-state index contributed by atoms with van der Waals surface area (Å²) < 4.78 is 11.3. The smallest absolute Gasteiger partial charge is 0.336 e. The minimum Gasteiger partial charge on any atom is -0.461 e. The average Bonchev–Trinajstić information content (AvgIpc) is 3.22. The zero-order valence-corrected chi connectivity index (χ0v) is 31.0. The number of ether oxygens (including phenoxy) is 2. The molecule has 14 nitrogen and oxygen atoms in total. The van der Waals surface area contributed by atoms with E-state index in [2.05, 4.69) is 74.1 Å². The summed E-state index contributed by atoms with van der Waals surface area (Å²) in [4.78, 5) is 44.2. The number of nitrogens with zero attached hydrogens (tertiary/aromatic N) is 6. The molecular formula is C41H46N8O6. The molecule has 0 aliphatic carbocycles. The molecule has 1 unspecified atom stereocenters. The first-order valence-electron chi connectivity index (χ1n) is 18.5. The quantitative estimate of drug-likeness (QED) is 0.0275. The number of nitro benzene ring substituents is 1. The number of likely N-dealkylation sites (tertiary alicyclic amines) is 1. The summed E-state index contributed by atoms with van der Waals surface area (Å²) in [5.41, 5.74) is 12.8. The van der Waals surface area contributed by atoms with Crippen LogP contribution in [0.5, 0.6) is 0 Å². The molecule has 5 rings (SSSR count). The Bertz CT molecular complexity index is 1900. The Kier molecular flexibility index (Phi) is 14.5. The van der Waals surface area contributed by atoms with Crippen LogP contribution >= 0.6 is 0 Å². The molecule has 1 fully saturated rings. The number of azide groups is 1. The van der Waals surface area contributed by atoms with Gasteiger partial charge in [0.1, 0.15) is 6.61 Å². The van der Waals surface area contributed by atoms with Gasteiger partial charge in [0.05, 0.1) is 53.4 Å². The standard InChI is InChI=1S/C41H46N8O6/c1-2-34-38(40(51)55-27-9-21-42)36(30-15-17-33(18-16-30)49(52)53)37(35(46-34)29-54-28-23-45-47-43)39(50)44-22-10-24-48-25-19-41(20-26-48,31-11-5-3-6-12-31)32-13-7-4-8-14-32/h3-8,11-18,36,46H,2,9-10,19-20,22-29H2,1H3,(H,44,50). The number of benzene rings is 3. The van der Waals surface area contributed by atoms with Crippen LogP contribution in [0.25, 0.3) is 10.4 Å². The van der Waals surface area contributed by atoms with Crippen LogP contribution in [-0.2, 0) is 24.5 Å². The maximum Gasteiger partial charge on any atom is 0.336 e. The predicted octanol–water partition coefficient (Wildman–Crippen LogP) is 6.57. The lowest BCUT2D eigenvalue weighted by Gasteiger charge is -2.43. The number of carbonyl (C=O) groups is 2. The number of esters is 1. The summed E-state index contributed by atoms with van der Waals surface area (Å²) in [6, 6.07) is 29.0. The van der Waals surface area contributed by atoms with Gasteiger partial charge in [-0.1, -0.05) is 84.8 Å².